The summed E-state index contributed by atoms with van der Waals surface area (Å²) in [6.07, 6.45) is 1.80. The Bertz CT molecular complexity index is 1310. The summed E-state index contributed by atoms with van der Waals surface area (Å²) >= 11 is 1.73. The molecule has 1 atom stereocenters. The van der Waals surface area contributed by atoms with Gasteiger partial charge in [0.25, 0.3) is 0 Å². The van der Waals surface area contributed by atoms with Crippen molar-refractivity contribution < 1.29 is 14.6 Å². The molecular formula is C27H23NO3S. The van der Waals surface area contributed by atoms with Crippen LogP contribution in [0.3, 0.4) is 0 Å². The van der Waals surface area contributed by atoms with E-state index in [1.807, 2.05) is 43.5 Å². The molecule has 0 radical (unpaired) electrons. The Morgan fingerprint density at radius 1 is 1.16 bits per heavy atom. The minimum absolute atomic E-state index is 0.0135. The Hall–Kier alpha value is -3.62. The maximum Gasteiger partial charge on any atom is 0.304 e. The molecular weight excluding hydrogens is 418 g/mol. The first-order valence-corrected chi connectivity index (χ1v) is 11.2. The summed E-state index contributed by atoms with van der Waals surface area (Å²) < 4.78 is 7.24. The lowest BCUT2D eigenvalue weighted by molar-refractivity contribution is -0.137. The summed E-state index contributed by atoms with van der Waals surface area (Å²) in [6, 6.07) is 18.0. The third-order valence-electron chi connectivity index (χ3n) is 5.32. The third-order valence-corrected chi connectivity index (χ3v) is 6.28. The smallest absolute Gasteiger partial charge is 0.304 e. The number of fused-ring (bicyclic) bond motifs is 1. The zero-order valence-electron chi connectivity index (χ0n) is 18.0. The lowest BCUT2D eigenvalue weighted by Gasteiger charge is -2.11. The van der Waals surface area contributed by atoms with E-state index in [-0.39, 0.29) is 12.3 Å². The van der Waals surface area contributed by atoms with Crippen molar-refractivity contribution in [3.05, 3.63) is 83.0 Å². The Morgan fingerprint density at radius 3 is 2.69 bits per heavy atom. The lowest BCUT2D eigenvalue weighted by Crippen LogP contribution is -2.04. The van der Waals surface area contributed by atoms with Crippen LogP contribution in [0, 0.1) is 18.8 Å². The van der Waals surface area contributed by atoms with Gasteiger partial charge in [-0.05, 0) is 60.7 Å². The fraction of sp³-hybridized carbons (Fsp3) is 0.185. The van der Waals surface area contributed by atoms with Gasteiger partial charge in [0.1, 0.15) is 12.4 Å². The van der Waals surface area contributed by atoms with Gasteiger partial charge in [0.05, 0.1) is 12.3 Å². The number of thiophene rings is 1. The first kappa shape index (κ1) is 21.6. The van der Waals surface area contributed by atoms with Gasteiger partial charge in [-0.3, -0.25) is 9.78 Å². The van der Waals surface area contributed by atoms with E-state index in [4.69, 9.17) is 9.84 Å². The van der Waals surface area contributed by atoms with E-state index in [2.05, 4.69) is 46.5 Å². The normalized spacial score (nSPS) is 11.6. The molecule has 4 nitrogen and oxygen atoms in total. The van der Waals surface area contributed by atoms with Crippen molar-refractivity contribution in [3.8, 4) is 28.7 Å². The van der Waals surface area contributed by atoms with Gasteiger partial charge in [0.2, 0.25) is 0 Å². The standard InChI is InChI=1S/C27H23NO3S/c1-3-5-21(15-27(29)30)20-8-10-22(11-9-20)31-16-19-7-12-26-24(14-19)25(17-32-26)23-6-4-13-28-18(23)2/h4,6-14,17,21H,15-16H2,1-2H3,(H,29,30). The molecule has 0 bridgehead atoms. The molecule has 2 heterocycles. The van der Waals surface area contributed by atoms with E-state index in [1.165, 1.54) is 15.6 Å². The number of carboxylic acid groups (broad SMARTS) is 1. The molecule has 0 saturated carbocycles. The molecule has 0 aliphatic carbocycles. The highest BCUT2D eigenvalue weighted by Gasteiger charge is 2.13. The average molecular weight is 442 g/mol. The first-order valence-electron chi connectivity index (χ1n) is 10.3. The number of carboxylic acids is 1. The summed E-state index contributed by atoms with van der Waals surface area (Å²) in [5, 5.41) is 12.5. The lowest BCUT2D eigenvalue weighted by atomic mass is 9.96. The molecule has 2 aromatic heterocycles. The summed E-state index contributed by atoms with van der Waals surface area (Å²) in [6.45, 7) is 4.20. The maximum absolute atomic E-state index is 11.1. The van der Waals surface area contributed by atoms with Crippen molar-refractivity contribution in [2.75, 3.05) is 0 Å². The summed E-state index contributed by atoms with van der Waals surface area (Å²) in [4.78, 5) is 15.5. The third kappa shape index (κ3) is 4.82. The molecule has 0 spiro atoms. The molecule has 1 unspecified atom stereocenters. The molecule has 4 rings (SSSR count). The Morgan fingerprint density at radius 2 is 1.97 bits per heavy atom. The van der Waals surface area contributed by atoms with E-state index >= 15 is 0 Å². The quantitative estimate of drug-likeness (QED) is 0.336. The molecule has 0 amide bonds. The fourth-order valence-corrected chi connectivity index (χ4v) is 4.65. The van der Waals surface area contributed by atoms with Crippen LogP contribution in [0.4, 0.5) is 0 Å². The molecule has 0 fully saturated rings. The minimum Gasteiger partial charge on any atom is -0.489 e. The van der Waals surface area contributed by atoms with E-state index in [1.54, 1.807) is 18.3 Å². The van der Waals surface area contributed by atoms with Crippen LogP contribution in [-0.2, 0) is 11.4 Å². The zero-order valence-corrected chi connectivity index (χ0v) is 18.8. The monoisotopic (exact) mass is 441 g/mol. The number of hydrogen-bond acceptors (Lipinski definition) is 4. The molecule has 0 aliphatic rings. The highest BCUT2D eigenvalue weighted by molar-refractivity contribution is 7.17. The summed E-state index contributed by atoms with van der Waals surface area (Å²) in [7, 11) is 0. The van der Waals surface area contributed by atoms with Gasteiger partial charge < -0.3 is 9.84 Å². The molecule has 4 aromatic rings. The van der Waals surface area contributed by atoms with Gasteiger partial charge in [0, 0.05) is 33.1 Å². The van der Waals surface area contributed by atoms with Crippen molar-refractivity contribution in [3.63, 3.8) is 0 Å². The highest BCUT2D eigenvalue weighted by atomic mass is 32.1. The Labute approximate surface area is 191 Å². The summed E-state index contributed by atoms with van der Waals surface area (Å²) in [5.74, 6) is 5.35. The number of ether oxygens (including phenoxy) is 1. The number of aromatic nitrogens is 1. The van der Waals surface area contributed by atoms with Gasteiger partial charge in [-0.1, -0.05) is 30.2 Å². The number of carbonyl (C=O) groups is 1. The van der Waals surface area contributed by atoms with Crippen LogP contribution in [0.1, 0.15) is 36.1 Å². The Kier molecular flexibility index (Phi) is 6.53. The second-order valence-corrected chi connectivity index (χ2v) is 8.43. The number of rotatable bonds is 7. The average Bonchev–Trinajstić information content (AvgIpc) is 3.21. The molecule has 0 aliphatic heterocycles. The summed E-state index contributed by atoms with van der Waals surface area (Å²) in [5.41, 5.74) is 5.33. The van der Waals surface area contributed by atoms with E-state index < -0.39 is 5.97 Å². The van der Waals surface area contributed by atoms with E-state index in [0.29, 0.717) is 6.61 Å². The van der Waals surface area contributed by atoms with Crippen LogP contribution in [-0.4, -0.2) is 16.1 Å². The van der Waals surface area contributed by atoms with Crippen molar-refractivity contribution in [1.82, 2.24) is 4.98 Å². The van der Waals surface area contributed by atoms with Crippen LogP contribution >= 0.6 is 11.3 Å². The minimum atomic E-state index is -0.859. The van der Waals surface area contributed by atoms with Gasteiger partial charge in [-0.2, -0.15) is 0 Å². The van der Waals surface area contributed by atoms with Gasteiger partial charge in [0.15, 0.2) is 0 Å². The predicted octanol–water partition coefficient (Wildman–Crippen LogP) is 6.43. The molecule has 32 heavy (non-hydrogen) atoms. The molecule has 2 aromatic carbocycles. The second kappa shape index (κ2) is 9.67. The zero-order chi connectivity index (χ0) is 22.5. The first-order chi connectivity index (χ1) is 15.5. The molecule has 1 N–H and O–H groups in total. The Balaban J connectivity index is 1.51. The number of pyridine rings is 1. The maximum atomic E-state index is 11.1. The predicted molar refractivity (Wildman–Crippen MR) is 129 cm³/mol. The van der Waals surface area contributed by atoms with Crippen LogP contribution in [0.5, 0.6) is 5.75 Å². The number of hydrogen-bond donors (Lipinski definition) is 1. The number of aliphatic carboxylic acids is 1. The largest absolute Gasteiger partial charge is 0.489 e. The molecule has 160 valence electrons. The van der Waals surface area contributed by atoms with Gasteiger partial charge >= 0.3 is 5.97 Å². The van der Waals surface area contributed by atoms with E-state index in [0.717, 1.165) is 28.1 Å². The van der Waals surface area contributed by atoms with Gasteiger partial charge in [-0.15, -0.1) is 17.3 Å². The van der Waals surface area contributed by atoms with Crippen LogP contribution in [0.15, 0.2) is 66.2 Å². The second-order valence-electron chi connectivity index (χ2n) is 7.52. The van der Waals surface area contributed by atoms with Crippen LogP contribution < -0.4 is 4.74 Å². The SMILES string of the molecule is CC#CC(CC(=O)O)c1ccc(OCc2ccc3scc(-c4cccnc4C)c3c2)cc1. The van der Waals surface area contributed by atoms with E-state index in [9.17, 15) is 4.79 Å². The molecule has 0 saturated heterocycles. The fourth-order valence-electron chi connectivity index (χ4n) is 3.71. The van der Waals surface area contributed by atoms with Crippen molar-refractivity contribution in [2.45, 2.75) is 32.8 Å². The van der Waals surface area contributed by atoms with Crippen LogP contribution in [0.25, 0.3) is 21.2 Å². The molecule has 5 heteroatoms. The highest BCUT2D eigenvalue weighted by Crippen LogP contribution is 2.35. The van der Waals surface area contributed by atoms with Crippen LogP contribution in [0.2, 0.25) is 0 Å². The number of aryl methyl sites for hydroxylation is 1. The van der Waals surface area contributed by atoms with Crippen molar-refractivity contribution in [1.29, 1.82) is 0 Å². The van der Waals surface area contributed by atoms with Gasteiger partial charge in [-0.25, -0.2) is 0 Å². The number of benzene rings is 2. The topological polar surface area (TPSA) is 59.4 Å². The van der Waals surface area contributed by atoms with Crippen molar-refractivity contribution >= 4 is 27.4 Å². The van der Waals surface area contributed by atoms with Crippen molar-refractivity contribution in [2.24, 2.45) is 0 Å². The number of nitrogens with zero attached hydrogens (tertiary/aromatic N) is 1.